The molecule has 0 aliphatic rings. The van der Waals surface area contributed by atoms with Gasteiger partial charge in [0.15, 0.2) is 0 Å². The van der Waals surface area contributed by atoms with Gasteiger partial charge in [0.25, 0.3) is 12.0 Å². The van der Waals surface area contributed by atoms with Gasteiger partial charge >= 0.3 is 0 Å². The molecule has 1 rings (SSSR count). The van der Waals surface area contributed by atoms with Gasteiger partial charge in [0.2, 0.25) is 0 Å². The van der Waals surface area contributed by atoms with E-state index < -0.39 is 13.0 Å². The van der Waals surface area contributed by atoms with Crippen LogP contribution in [-0.2, 0) is 6.54 Å². The van der Waals surface area contributed by atoms with Gasteiger partial charge in [0.05, 0.1) is 25.0 Å². The Morgan fingerprint density at radius 3 is 2.94 bits per heavy atom. The third-order valence-electron chi connectivity index (χ3n) is 1.73. The Morgan fingerprint density at radius 2 is 2.38 bits per heavy atom. The molecule has 1 heterocycles. The van der Waals surface area contributed by atoms with E-state index in [9.17, 15) is 13.6 Å². The molecule has 0 atom stereocenters. The van der Waals surface area contributed by atoms with Crippen LogP contribution in [0.3, 0.4) is 0 Å². The SMILES string of the molecule is C=CCn1ncc(NCC(F)F)c(Br)c1=O. The highest BCUT2D eigenvalue weighted by Gasteiger charge is 2.09. The van der Waals surface area contributed by atoms with Crippen LogP contribution in [0.25, 0.3) is 0 Å². The molecule has 0 spiro atoms. The summed E-state index contributed by atoms with van der Waals surface area (Å²) in [5.41, 5.74) is -0.134. The summed E-state index contributed by atoms with van der Waals surface area (Å²) in [6.45, 7) is 3.23. The summed E-state index contributed by atoms with van der Waals surface area (Å²) in [6.07, 6.45) is 0.354. The number of rotatable bonds is 5. The Bertz CT molecular complexity index is 433. The van der Waals surface area contributed by atoms with Crippen molar-refractivity contribution in [3.63, 3.8) is 0 Å². The number of hydrogen-bond acceptors (Lipinski definition) is 3. The lowest BCUT2D eigenvalue weighted by atomic mass is 10.4. The maximum atomic E-state index is 12.0. The molecular formula is C9H10BrF2N3O. The summed E-state index contributed by atoms with van der Waals surface area (Å²) in [5.74, 6) is 0. The average Bonchev–Trinajstić information content (AvgIpc) is 2.24. The number of nitrogens with zero attached hydrogens (tertiary/aromatic N) is 2. The maximum absolute atomic E-state index is 12.0. The predicted octanol–water partition coefficient (Wildman–Crippen LogP) is 1.87. The van der Waals surface area contributed by atoms with E-state index >= 15 is 0 Å². The Kier molecular flexibility index (Phi) is 4.60. The molecule has 0 fully saturated rings. The van der Waals surface area contributed by atoms with Gasteiger partial charge in [-0.05, 0) is 15.9 Å². The van der Waals surface area contributed by atoms with Crippen LogP contribution >= 0.6 is 15.9 Å². The molecule has 0 saturated carbocycles. The molecule has 0 aromatic carbocycles. The van der Waals surface area contributed by atoms with Gasteiger partial charge in [-0.1, -0.05) is 6.08 Å². The third kappa shape index (κ3) is 3.13. The quantitative estimate of drug-likeness (QED) is 0.843. The molecule has 1 N–H and O–H groups in total. The highest BCUT2D eigenvalue weighted by molar-refractivity contribution is 9.10. The van der Waals surface area contributed by atoms with E-state index in [1.54, 1.807) is 0 Å². The maximum Gasteiger partial charge on any atom is 0.283 e. The van der Waals surface area contributed by atoms with E-state index in [1.807, 2.05) is 0 Å². The van der Waals surface area contributed by atoms with Crippen molar-refractivity contribution >= 4 is 21.6 Å². The van der Waals surface area contributed by atoms with Gasteiger partial charge in [-0.15, -0.1) is 6.58 Å². The first-order valence-corrected chi connectivity index (χ1v) is 5.24. The molecule has 0 bridgehead atoms. The van der Waals surface area contributed by atoms with E-state index in [4.69, 9.17) is 0 Å². The smallest absolute Gasteiger partial charge is 0.283 e. The molecule has 0 radical (unpaired) electrons. The van der Waals surface area contributed by atoms with E-state index in [0.717, 1.165) is 0 Å². The van der Waals surface area contributed by atoms with E-state index in [1.165, 1.54) is 17.0 Å². The number of allylic oxidation sites excluding steroid dienone is 1. The van der Waals surface area contributed by atoms with Crippen molar-refractivity contribution in [3.05, 3.63) is 33.7 Å². The highest BCUT2D eigenvalue weighted by atomic mass is 79.9. The average molecular weight is 294 g/mol. The van der Waals surface area contributed by atoms with Crippen LogP contribution in [0.4, 0.5) is 14.5 Å². The lowest BCUT2D eigenvalue weighted by molar-refractivity contribution is 0.163. The molecular weight excluding hydrogens is 284 g/mol. The van der Waals surface area contributed by atoms with Crippen molar-refractivity contribution in [3.8, 4) is 0 Å². The molecule has 1 aromatic rings. The topological polar surface area (TPSA) is 46.9 Å². The van der Waals surface area contributed by atoms with Crippen LogP contribution in [-0.4, -0.2) is 22.8 Å². The Balaban J connectivity index is 2.93. The van der Waals surface area contributed by atoms with Crippen molar-refractivity contribution in [1.29, 1.82) is 0 Å². The number of hydrogen-bond donors (Lipinski definition) is 1. The van der Waals surface area contributed by atoms with Crippen molar-refractivity contribution in [2.45, 2.75) is 13.0 Å². The Hall–Kier alpha value is -1.24. The van der Waals surface area contributed by atoms with Crippen LogP contribution in [0, 0.1) is 0 Å². The van der Waals surface area contributed by atoms with Crippen molar-refractivity contribution in [1.82, 2.24) is 9.78 Å². The van der Waals surface area contributed by atoms with E-state index in [2.05, 4.69) is 32.9 Å². The fraction of sp³-hybridized carbons (Fsp3) is 0.333. The number of nitrogens with one attached hydrogen (secondary N) is 1. The second-order valence-electron chi connectivity index (χ2n) is 2.92. The van der Waals surface area contributed by atoms with Gasteiger partial charge < -0.3 is 5.32 Å². The summed E-state index contributed by atoms with van der Waals surface area (Å²) in [4.78, 5) is 11.6. The second kappa shape index (κ2) is 5.74. The zero-order valence-corrected chi connectivity index (χ0v) is 9.88. The fourth-order valence-electron chi connectivity index (χ4n) is 1.03. The minimum absolute atomic E-state index is 0.185. The lowest BCUT2D eigenvalue weighted by Crippen LogP contribution is -2.24. The third-order valence-corrected chi connectivity index (χ3v) is 2.50. The largest absolute Gasteiger partial charge is 0.377 e. The molecule has 1 aromatic heterocycles. The van der Waals surface area contributed by atoms with Crippen molar-refractivity contribution < 1.29 is 8.78 Å². The monoisotopic (exact) mass is 293 g/mol. The Labute approximate surface area is 99.1 Å². The van der Waals surface area contributed by atoms with Crippen LogP contribution in [0.15, 0.2) is 28.1 Å². The van der Waals surface area contributed by atoms with Gasteiger partial charge in [-0.3, -0.25) is 4.79 Å². The first-order valence-electron chi connectivity index (χ1n) is 4.44. The number of anilines is 1. The first kappa shape index (κ1) is 12.8. The van der Waals surface area contributed by atoms with Crippen LogP contribution in [0.5, 0.6) is 0 Å². The van der Waals surface area contributed by atoms with Gasteiger partial charge in [0, 0.05) is 0 Å². The number of alkyl halides is 2. The zero-order valence-electron chi connectivity index (χ0n) is 8.29. The highest BCUT2D eigenvalue weighted by Crippen LogP contribution is 2.16. The van der Waals surface area contributed by atoms with Crippen LogP contribution in [0.1, 0.15) is 0 Å². The van der Waals surface area contributed by atoms with Gasteiger partial charge in [-0.2, -0.15) is 5.10 Å². The minimum Gasteiger partial charge on any atom is -0.377 e. The normalized spacial score (nSPS) is 10.5. The summed E-state index contributed by atoms with van der Waals surface area (Å²) in [5, 5.41) is 6.23. The van der Waals surface area contributed by atoms with Crippen molar-refractivity contribution in [2.24, 2.45) is 0 Å². The van der Waals surface area contributed by atoms with Crippen LogP contribution in [0.2, 0.25) is 0 Å². The molecule has 7 heteroatoms. The summed E-state index contributed by atoms with van der Waals surface area (Å²) in [7, 11) is 0. The van der Waals surface area contributed by atoms with Gasteiger partial charge in [0.1, 0.15) is 4.47 Å². The lowest BCUT2D eigenvalue weighted by Gasteiger charge is -2.08. The minimum atomic E-state index is -2.48. The molecule has 0 aliphatic carbocycles. The van der Waals surface area contributed by atoms with Gasteiger partial charge in [-0.25, -0.2) is 13.5 Å². The van der Waals surface area contributed by atoms with E-state index in [-0.39, 0.29) is 22.3 Å². The number of halogens is 3. The Morgan fingerprint density at radius 1 is 1.69 bits per heavy atom. The summed E-state index contributed by atoms with van der Waals surface area (Å²) >= 11 is 3.04. The summed E-state index contributed by atoms with van der Waals surface area (Å²) in [6, 6.07) is 0. The zero-order chi connectivity index (χ0) is 12.1. The second-order valence-corrected chi connectivity index (χ2v) is 3.71. The molecule has 0 saturated heterocycles. The standard InChI is InChI=1S/C9H10BrF2N3O/c1-2-3-15-9(16)8(10)6(4-14-15)13-5-7(11)12/h2,4,7,13H,1,3,5H2. The summed E-state index contributed by atoms with van der Waals surface area (Å²) < 4.78 is 25.3. The first-order chi connectivity index (χ1) is 7.56. The van der Waals surface area contributed by atoms with E-state index in [0.29, 0.717) is 0 Å². The molecule has 0 amide bonds. The molecule has 0 unspecified atom stereocenters. The molecule has 4 nitrogen and oxygen atoms in total. The number of aromatic nitrogens is 2. The van der Waals surface area contributed by atoms with Crippen LogP contribution < -0.4 is 10.9 Å². The molecule has 16 heavy (non-hydrogen) atoms. The van der Waals surface area contributed by atoms with Crippen molar-refractivity contribution in [2.75, 3.05) is 11.9 Å². The predicted molar refractivity (Wildman–Crippen MR) is 60.9 cm³/mol. The molecule has 88 valence electrons. The fourth-order valence-corrected chi connectivity index (χ4v) is 1.47. The molecule has 0 aliphatic heterocycles.